The van der Waals surface area contributed by atoms with E-state index in [0.717, 1.165) is 0 Å². The molecule has 0 bridgehead atoms. The molecule has 0 unspecified atom stereocenters. The molecule has 1 aromatic heterocycles. The monoisotopic (exact) mass is 243 g/mol. The van der Waals surface area contributed by atoms with Gasteiger partial charge in [0.2, 0.25) is 5.75 Å². The van der Waals surface area contributed by atoms with Crippen molar-refractivity contribution in [3.05, 3.63) is 39.1 Å². The average molecular weight is 244 g/mol. The molecule has 2 aromatic rings. The summed E-state index contributed by atoms with van der Waals surface area (Å²) < 4.78 is 0.614. The number of pyridine rings is 1. The van der Waals surface area contributed by atoms with E-state index in [-0.39, 0.29) is 16.3 Å². The summed E-state index contributed by atoms with van der Waals surface area (Å²) >= 11 is 11.6. The molecule has 0 aliphatic heterocycles. The second kappa shape index (κ2) is 3.43. The van der Waals surface area contributed by atoms with Crippen LogP contribution in [-0.4, -0.2) is 5.11 Å². The molecule has 2 rings (SSSR count). The first-order chi connectivity index (χ1) is 7.02. The minimum absolute atomic E-state index is 0.0719. The second-order valence-electron chi connectivity index (χ2n) is 3.22. The van der Waals surface area contributed by atoms with Crippen molar-refractivity contribution in [2.24, 2.45) is 0 Å². The van der Waals surface area contributed by atoms with E-state index in [0.29, 0.717) is 20.8 Å². The van der Waals surface area contributed by atoms with Crippen LogP contribution in [0.5, 0.6) is 5.75 Å². The third-order valence-electron chi connectivity index (χ3n) is 2.23. The molecule has 1 heterocycles. The van der Waals surface area contributed by atoms with Crippen LogP contribution in [0.1, 0.15) is 5.69 Å². The number of aromatic hydroxyl groups is 1. The number of hydrogen-bond acceptors (Lipinski definition) is 2. The Morgan fingerprint density at radius 3 is 2.60 bits per heavy atom. The summed E-state index contributed by atoms with van der Waals surface area (Å²) in [5.41, 5.74) is 0.573. The zero-order valence-electron chi connectivity index (χ0n) is 7.79. The Bertz CT molecular complexity index is 547. The van der Waals surface area contributed by atoms with Crippen molar-refractivity contribution in [2.75, 3.05) is 0 Å². The molecule has 15 heavy (non-hydrogen) atoms. The van der Waals surface area contributed by atoms with E-state index >= 15 is 0 Å². The number of fused-ring (bicyclic) bond motifs is 1. The first-order valence-corrected chi connectivity index (χ1v) is 4.98. The Balaban J connectivity index is 3.04. The van der Waals surface area contributed by atoms with Gasteiger partial charge in [-0.2, -0.15) is 4.73 Å². The lowest BCUT2D eigenvalue weighted by Crippen LogP contribution is -2.30. The van der Waals surface area contributed by atoms with Crippen molar-refractivity contribution >= 4 is 34.1 Å². The molecule has 0 aliphatic rings. The Kier molecular flexibility index (Phi) is 2.37. The molecule has 0 spiro atoms. The lowest BCUT2D eigenvalue weighted by molar-refractivity contribution is -0.584. The third kappa shape index (κ3) is 1.48. The maximum Gasteiger partial charge on any atom is 0.269 e. The molecule has 1 aromatic carbocycles. The van der Waals surface area contributed by atoms with Crippen molar-refractivity contribution in [2.45, 2.75) is 6.92 Å². The fourth-order valence-electron chi connectivity index (χ4n) is 1.42. The Hall–Kier alpha value is -1.19. The number of aromatic nitrogens is 1. The smallest absolute Gasteiger partial charge is 0.269 e. The SMILES string of the molecule is Cc1ccc2c(Cl)cc(Cl)c(O)c2[n+]1[O-]. The second-order valence-corrected chi connectivity index (χ2v) is 4.03. The summed E-state index contributed by atoms with van der Waals surface area (Å²) in [6, 6.07) is 4.72. The van der Waals surface area contributed by atoms with E-state index in [4.69, 9.17) is 23.2 Å². The molecular weight excluding hydrogens is 237 g/mol. The van der Waals surface area contributed by atoms with E-state index < -0.39 is 0 Å². The zero-order chi connectivity index (χ0) is 11.2. The van der Waals surface area contributed by atoms with Gasteiger partial charge in [0.15, 0.2) is 5.69 Å². The van der Waals surface area contributed by atoms with Gasteiger partial charge in [-0.05, 0) is 12.1 Å². The Labute approximate surface area is 96.1 Å². The molecule has 3 nitrogen and oxygen atoms in total. The van der Waals surface area contributed by atoms with E-state index in [1.165, 1.54) is 6.07 Å². The van der Waals surface area contributed by atoms with E-state index in [9.17, 15) is 10.3 Å². The first kappa shape index (κ1) is 10.3. The molecule has 0 aliphatic carbocycles. The van der Waals surface area contributed by atoms with Crippen molar-refractivity contribution in [1.82, 2.24) is 0 Å². The van der Waals surface area contributed by atoms with Gasteiger partial charge in [0.1, 0.15) is 0 Å². The van der Waals surface area contributed by atoms with Gasteiger partial charge in [0, 0.05) is 13.0 Å². The summed E-state index contributed by atoms with van der Waals surface area (Å²) in [6.07, 6.45) is 0. The fraction of sp³-hybridized carbons (Fsp3) is 0.100. The van der Waals surface area contributed by atoms with Crippen molar-refractivity contribution in [3.63, 3.8) is 0 Å². The van der Waals surface area contributed by atoms with Gasteiger partial charge in [-0.15, -0.1) is 0 Å². The number of phenols is 1. The zero-order valence-corrected chi connectivity index (χ0v) is 9.30. The Morgan fingerprint density at radius 2 is 1.93 bits per heavy atom. The molecule has 1 N–H and O–H groups in total. The van der Waals surface area contributed by atoms with Crippen LogP contribution in [0.4, 0.5) is 0 Å². The summed E-state index contributed by atoms with van der Waals surface area (Å²) in [6.45, 7) is 1.64. The highest BCUT2D eigenvalue weighted by Gasteiger charge is 2.17. The van der Waals surface area contributed by atoms with Crippen LogP contribution in [0, 0.1) is 12.1 Å². The van der Waals surface area contributed by atoms with Gasteiger partial charge in [0.25, 0.3) is 5.52 Å². The minimum atomic E-state index is -0.241. The summed E-state index contributed by atoms with van der Waals surface area (Å²) in [5, 5.41) is 22.3. The van der Waals surface area contributed by atoms with Crippen LogP contribution < -0.4 is 4.73 Å². The van der Waals surface area contributed by atoms with Crippen LogP contribution >= 0.6 is 23.2 Å². The number of hydrogen-bond donors (Lipinski definition) is 1. The molecule has 0 amide bonds. The van der Waals surface area contributed by atoms with Gasteiger partial charge >= 0.3 is 0 Å². The summed E-state index contributed by atoms with van der Waals surface area (Å²) in [7, 11) is 0. The highest BCUT2D eigenvalue weighted by Crippen LogP contribution is 2.35. The molecule has 0 fully saturated rings. The highest BCUT2D eigenvalue weighted by molar-refractivity contribution is 6.39. The number of phenolic OH excluding ortho intramolecular Hbond substituents is 1. The largest absolute Gasteiger partial charge is 0.618 e. The lowest BCUT2D eigenvalue weighted by atomic mass is 10.2. The van der Waals surface area contributed by atoms with Crippen LogP contribution in [0.2, 0.25) is 10.0 Å². The van der Waals surface area contributed by atoms with Gasteiger partial charge in [0.05, 0.1) is 15.4 Å². The maximum atomic E-state index is 11.7. The van der Waals surface area contributed by atoms with Crippen LogP contribution in [0.3, 0.4) is 0 Å². The number of halogens is 2. The number of nitrogens with zero attached hydrogens (tertiary/aromatic N) is 1. The molecule has 0 atom stereocenters. The van der Waals surface area contributed by atoms with Gasteiger partial charge < -0.3 is 10.3 Å². The molecule has 78 valence electrons. The van der Waals surface area contributed by atoms with Crippen LogP contribution in [0.25, 0.3) is 10.9 Å². The predicted molar refractivity (Wildman–Crippen MR) is 59.3 cm³/mol. The van der Waals surface area contributed by atoms with Crippen LogP contribution in [0.15, 0.2) is 18.2 Å². The predicted octanol–water partition coefficient (Wildman–Crippen LogP) is 2.79. The molecular formula is C10H7Cl2NO2. The number of benzene rings is 1. The summed E-state index contributed by atoms with van der Waals surface area (Å²) in [5.74, 6) is -0.241. The lowest BCUT2D eigenvalue weighted by Gasteiger charge is -2.08. The Morgan fingerprint density at radius 1 is 1.27 bits per heavy atom. The molecule has 5 heteroatoms. The quantitative estimate of drug-likeness (QED) is 0.572. The van der Waals surface area contributed by atoms with E-state index in [2.05, 4.69) is 0 Å². The summed E-state index contributed by atoms with van der Waals surface area (Å²) in [4.78, 5) is 0. The van der Waals surface area contributed by atoms with Gasteiger partial charge in [-0.25, -0.2) is 0 Å². The molecule has 0 saturated carbocycles. The van der Waals surface area contributed by atoms with Gasteiger partial charge in [-0.3, -0.25) is 0 Å². The number of rotatable bonds is 0. The molecule has 0 saturated heterocycles. The van der Waals surface area contributed by atoms with Crippen molar-refractivity contribution in [1.29, 1.82) is 0 Å². The first-order valence-electron chi connectivity index (χ1n) is 4.22. The van der Waals surface area contributed by atoms with E-state index in [1.54, 1.807) is 19.1 Å². The topological polar surface area (TPSA) is 47.2 Å². The van der Waals surface area contributed by atoms with Gasteiger partial charge in [-0.1, -0.05) is 23.2 Å². The maximum absolute atomic E-state index is 11.7. The average Bonchev–Trinajstić information content (AvgIpc) is 2.19. The normalized spacial score (nSPS) is 10.9. The van der Waals surface area contributed by atoms with E-state index in [1.807, 2.05) is 0 Å². The third-order valence-corrected chi connectivity index (χ3v) is 2.83. The standard InChI is InChI=1S/C10H7Cl2NO2/c1-5-2-3-6-7(11)4-8(12)10(14)9(6)13(5)15/h2-4,14H,1H3. The van der Waals surface area contributed by atoms with Crippen molar-refractivity contribution in [3.8, 4) is 5.75 Å². The number of aryl methyl sites for hydroxylation is 1. The fourth-order valence-corrected chi connectivity index (χ4v) is 1.94. The highest BCUT2D eigenvalue weighted by atomic mass is 35.5. The van der Waals surface area contributed by atoms with Crippen molar-refractivity contribution < 1.29 is 9.84 Å². The van der Waals surface area contributed by atoms with Crippen LogP contribution in [-0.2, 0) is 0 Å². The minimum Gasteiger partial charge on any atom is -0.618 e. The molecule has 0 radical (unpaired) electrons.